The summed E-state index contributed by atoms with van der Waals surface area (Å²) in [4.78, 5) is 13.7. The topological polar surface area (TPSA) is 76.4 Å². The Morgan fingerprint density at radius 2 is 2.15 bits per heavy atom. The Bertz CT molecular complexity index is 520. The van der Waals surface area contributed by atoms with Gasteiger partial charge >= 0.3 is 0 Å². The van der Waals surface area contributed by atoms with Crippen molar-refractivity contribution in [2.75, 3.05) is 25.0 Å². The first-order valence-corrected chi connectivity index (χ1v) is 6.52. The van der Waals surface area contributed by atoms with Crippen LogP contribution in [0.5, 0.6) is 0 Å². The van der Waals surface area contributed by atoms with E-state index in [2.05, 4.69) is 5.32 Å². The molecule has 1 aromatic carbocycles. The number of anilines is 1. The molecular formula is C14H16ClN3O2. The largest absolute Gasteiger partial charge is 0.395 e. The van der Waals surface area contributed by atoms with Gasteiger partial charge in [0.1, 0.15) is 11.6 Å². The average molecular weight is 294 g/mol. The predicted molar refractivity (Wildman–Crippen MR) is 78.1 cm³/mol. The summed E-state index contributed by atoms with van der Waals surface area (Å²) in [6.07, 6.45) is 1.45. The predicted octanol–water partition coefficient (Wildman–Crippen LogP) is 2.00. The summed E-state index contributed by atoms with van der Waals surface area (Å²) in [6, 6.07) is 8.46. The summed E-state index contributed by atoms with van der Waals surface area (Å²) in [5.41, 5.74) is 0.543. The van der Waals surface area contributed by atoms with E-state index in [4.69, 9.17) is 22.0 Å². The number of likely N-dealkylation sites (N-methyl/N-ethyl adjacent to an activating group) is 1. The molecule has 0 unspecified atom stereocenters. The van der Waals surface area contributed by atoms with E-state index in [9.17, 15) is 4.79 Å². The number of hydrogen-bond acceptors (Lipinski definition) is 4. The smallest absolute Gasteiger partial charge is 0.267 e. The summed E-state index contributed by atoms with van der Waals surface area (Å²) < 4.78 is 0. The number of amides is 1. The molecule has 0 spiro atoms. The maximum absolute atomic E-state index is 12.0. The molecule has 0 aliphatic carbocycles. The van der Waals surface area contributed by atoms with E-state index in [-0.39, 0.29) is 12.2 Å². The van der Waals surface area contributed by atoms with Gasteiger partial charge in [-0.1, -0.05) is 11.6 Å². The minimum atomic E-state index is -0.494. The van der Waals surface area contributed by atoms with Gasteiger partial charge in [0.05, 0.1) is 6.61 Å². The number of carbonyl (C=O) groups excluding carboxylic acids is 1. The second-order valence-electron chi connectivity index (χ2n) is 3.97. The molecule has 0 aromatic heterocycles. The van der Waals surface area contributed by atoms with Gasteiger partial charge < -0.3 is 15.3 Å². The molecule has 6 heteroatoms. The summed E-state index contributed by atoms with van der Waals surface area (Å²) in [6.45, 7) is 2.80. The molecule has 20 heavy (non-hydrogen) atoms. The molecule has 0 fully saturated rings. The highest BCUT2D eigenvalue weighted by Crippen LogP contribution is 2.14. The Kier molecular flexibility index (Phi) is 6.57. The molecule has 1 aromatic rings. The van der Waals surface area contributed by atoms with Crippen molar-refractivity contribution in [2.45, 2.75) is 6.92 Å². The lowest BCUT2D eigenvalue weighted by Crippen LogP contribution is -2.23. The quantitative estimate of drug-likeness (QED) is 0.621. The Labute approximate surface area is 123 Å². The molecule has 0 bridgehead atoms. The van der Waals surface area contributed by atoms with E-state index in [1.807, 2.05) is 13.0 Å². The summed E-state index contributed by atoms with van der Waals surface area (Å²) in [5.74, 6) is -0.494. The lowest BCUT2D eigenvalue weighted by atomic mass is 10.2. The third kappa shape index (κ3) is 4.92. The van der Waals surface area contributed by atoms with Crippen molar-refractivity contribution < 1.29 is 9.90 Å². The molecule has 0 radical (unpaired) electrons. The van der Waals surface area contributed by atoms with Gasteiger partial charge in [0.25, 0.3) is 5.91 Å². The zero-order valence-corrected chi connectivity index (χ0v) is 11.9. The van der Waals surface area contributed by atoms with Crippen LogP contribution in [0.4, 0.5) is 5.69 Å². The monoisotopic (exact) mass is 293 g/mol. The van der Waals surface area contributed by atoms with Crippen LogP contribution in [0.3, 0.4) is 0 Å². The second-order valence-corrected chi connectivity index (χ2v) is 4.40. The van der Waals surface area contributed by atoms with E-state index in [0.717, 1.165) is 0 Å². The van der Waals surface area contributed by atoms with Gasteiger partial charge in [0, 0.05) is 30.0 Å². The molecule has 0 aliphatic heterocycles. The fourth-order valence-corrected chi connectivity index (χ4v) is 1.62. The SMILES string of the molecule is CCN(/C=C(/C#N)C(=O)Nc1ccc(Cl)cc1)CCO. The number of nitriles is 1. The van der Waals surface area contributed by atoms with Crippen LogP contribution < -0.4 is 5.32 Å². The third-order valence-corrected chi connectivity index (χ3v) is 2.82. The lowest BCUT2D eigenvalue weighted by Gasteiger charge is -2.17. The Hall–Kier alpha value is -2.03. The number of rotatable bonds is 6. The molecule has 0 aliphatic rings. The number of aliphatic hydroxyl groups excluding tert-OH is 1. The summed E-state index contributed by atoms with van der Waals surface area (Å²) in [7, 11) is 0. The van der Waals surface area contributed by atoms with Crippen LogP contribution >= 0.6 is 11.6 Å². The maximum Gasteiger partial charge on any atom is 0.267 e. The number of nitrogens with one attached hydrogen (secondary N) is 1. The van der Waals surface area contributed by atoms with Gasteiger partial charge in [-0.2, -0.15) is 5.26 Å². The van der Waals surface area contributed by atoms with Crippen molar-refractivity contribution in [1.29, 1.82) is 5.26 Å². The fraction of sp³-hybridized carbons (Fsp3) is 0.286. The minimum Gasteiger partial charge on any atom is -0.395 e. The first-order valence-electron chi connectivity index (χ1n) is 6.14. The van der Waals surface area contributed by atoms with Gasteiger partial charge in [-0.25, -0.2) is 0 Å². The highest BCUT2D eigenvalue weighted by Gasteiger charge is 2.11. The zero-order valence-electron chi connectivity index (χ0n) is 11.1. The number of hydrogen-bond donors (Lipinski definition) is 2. The number of aliphatic hydroxyl groups is 1. The van der Waals surface area contributed by atoms with Gasteiger partial charge in [0.2, 0.25) is 0 Å². The third-order valence-electron chi connectivity index (χ3n) is 2.57. The first-order chi connectivity index (χ1) is 9.60. The van der Waals surface area contributed by atoms with Crippen LogP contribution in [-0.4, -0.2) is 35.6 Å². The number of nitrogens with zero attached hydrogens (tertiary/aromatic N) is 2. The highest BCUT2D eigenvalue weighted by molar-refractivity contribution is 6.30. The van der Waals surface area contributed by atoms with Crippen molar-refractivity contribution in [3.8, 4) is 6.07 Å². The maximum atomic E-state index is 12.0. The molecule has 0 heterocycles. The highest BCUT2D eigenvalue weighted by atomic mass is 35.5. The molecule has 0 saturated carbocycles. The molecule has 5 nitrogen and oxygen atoms in total. The van der Waals surface area contributed by atoms with Crippen molar-refractivity contribution in [1.82, 2.24) is 4.90 Å². The lowest BCUT2D eigenvalue weighted by molar-refractivity contribution is -0.112. The van der Waals surface area contributed by atoms with Gasteiger partial charge in [-0.3, -0.25) is 4.79 Å². The molecule has 0 atom stereocenters. The van der Waals surface area contributed by atoms with Gasteiger partial charge in [-0.15, -0.1) is 0 Å². The van der Waals surface area contributed by atoms with E-state index >= 15 is 0 Å². The standard InChI is InChI=1S/C14H16ClN3O2/c1-2-18(7-8-19)10-11(9-16)14(20)17-13-5-3-12(15)4-6-13/h3-6,10,19H,2,7-8H2,1H3,(H,17,20)/b11-10-. The molecule has 2 N–H and O–H groups in total. The van der Waals surface area contributed by atoms with Crippen molar-refractivity contribution in [2.24, 2.45) is 0 Å². The van der Waals surface area contributed by atoms with Crippen molar-refractivity contribution in [3.05, 3.63) is 41.1 Å². The molecule has 1 amide bonds. The summed E-state index contributed by atoms with van der Waals surface area (Å²) >= 11 is 5.75. The first kappa shape index (κ1) is 16.0. The zero-order chi connectivity index (χ0) is 15.0. The summed E-state index contributed by atoms with van der Waals surface area (Å²) in [5, 5.41) is 21.1. The fourth-order valence-electron chi connectivity index (χ4n) is 1.49. The number of carbonyl (C=O) groups is 1. The van der Waals surface area contributed by atoms with Crippen LogP contribution in [0.1, 0.15) is 6.92 Å². The Balaban J connectivity index is 2.79. The number of benzene rings is 1. The van der Waals surface area contributed by atoms with Crippen LogP contribution in [-0.2, 0) is 4.79 Å². The average Bonchev–Trinajstić information content (AvgIpc) is 2.45. The minimum absolute atomic E-state index is 0.0183. The van der Waals surface area contributed by atoms with Crippen LogP contribution in [0.15, 0.2) is 36.0 Å². The van der Waals surface area contributed by atoms with Crippen molar-refractivity contribution >= 4 is 23.2 Å². The van der Waals surface area contributed by atoms with E-state index in [0.29, 0.717) is 23.8 Å². The van der Waals surface area contributed by atoms with Crippen molar-refractivity contribution in [3.63, 3.8) is 0 Å². The van der Waals surface area contributed by atoms with E-state index in [1.165, 1.54) is 6.20 Å². The van der Waals surface area contributed by atoms with Crippen LogP contribution in [0.25, 0.3) is 0 Å². The van der Waals surface area contributed by atoms with E-state index < -0.39 is 5.91 Å². The normalized spacial score (nSPS) is 10.8. The van der Waals surface area contributed by atoms with E-state index in [1.54, 1.807) is 29.2 Å². The molecule has 1 rings (SSSR count). The van der Waals surface area contributed by atoms with Crippen LogP contribution in [0.2, 0.25) is 5.02 Å². The number of halogens is 1. The van der Waals surface area contributed by atoms with Gasteiger partial charge in [-0.05, 0) is 31.2 Å². The Morgan fingerprint density at radius 3 is 2.65 bits per heavy atom. The van der Waals surface area contributed by atoms with Crippen LogP contribution in [0, 0.1) is 11.3 Å². The van der Waals surface area contributed by atoms with Gasteiger partial charge in [0.15, 0.2) is 0 Å². The second kappa shape index (κ2) is 8.20. The molecular weight excluding hydrogens is 278 g/mol. The molecule has 106 valence electrons. The molecule has 0 saturated heterocycles. The Morgan fingerprint density at radius 1 is 1.50 bits per heavy atom.